The van der Waals surface area contributed by atoms with E-state index in [4.69, 9.17) is 0 Å². The van der Waals surface area contributed by atoms with Gasteiger partial charge in [-0.15, -0.1) is 0 Å². The minimum atomic E-state index is 0.835. The van der Waals surface area contributed by atoms with Crippen molar-refractivity contribution in [2.75, 3.05) is 0 Å². The first-order valence-corrected chi connectivity index (χ1v) is 9.17. The van der Waals surface area contributed by atoms with Gasteiger partial charge in [0.1, 0.15) is 0 Å². The van der Waals surface area contributed by atoms with Crippen molar-refractivity contribution < 1.29 is 0 Å². The monoisotopic (exact) mass is 618 g/mol. The molecule has 0 amide bonds. The summed E-state index contributed by atoms with van der Waals surface area (Å²) in [6.07, 6.45) is 8.48. The number of alkyl halides is 4. The fourth-order valence-corrected chi connectivity index (χ4v) is 2.71. The van der Waals surface area contributed by atoms with Gasteiger partial charge in [0.15, 0.2) is 0 Å². The molecule has 0 radical (unpaired) electrons. The van der Waals surface area contributed by atoms with Crippen LogP contribution >= 0.6 is 90.4 Å². The molecule has 0 aliphatic heterocycles. The average molecular weight is 618 g/mol. The molecule has 12 heavy (non-hydrogen) atoms. The number of halogens is 4. The minimum Gasteiger partial charge on any atom is -0.0710 e. The van der Waals surface area contributed by atoms with Crippen LogP contribution in [-0.4, -0.2) is 3.86 Å². The molecule has 0 nitrogen and oxygen atoms in total. The maximum Gasteiger partial charge on any atom is 0.0626 e. The van der Waals surface area contributed by atoms with Crippen LogP contribution in [0.15, 0.2) is 0 Å². The van der Waals surface area contributed by atoms with E-state index in [0.717, 1.165) is 3.86 Å². The molecule has 0 N–H and O–H groups in total. The fourth-order valence-electron chi connectivity index (χ4n) is 0.951. The second-order valence-corrected chi connectivity index (χ2v) is 13.6. The zero-order valence-corrected chi connectivity index (χ0v) is 15.5. The van der Waals surface area contributed by atoms with Crippen molar-refractivity contribution in [2.45, 2.75) is 42.4 Å². The molecule has 0 aliphatic carbocycles. The average Bonchev–Trinajstić information content (AvgIpc) is 1.95. The van der Waals surface area contributed by atoms with Gasteiger partial charge in [-0.1, -0.05) is 116 Å². The molecule has 0 bridgehead atoms. The van der Waals surface area contributed by atoms with Crippen molar-refractivity contribution >= 4 is 90.4 Å². The van der Waals surface area contributed by atoms with Gasteiger partial charge in [-0.25, -0.2) is 0 Å². The van der Waals surface area contributed by atoms with Crippen molar-refractivity contribution in [1.82, 2.24) is 0 Å². The Bertz CT molecular complexity index is 81.1. The van der Waals surface area contributed by atoms with E-state index in [1.54, 1.807) is 0 Å². The lowest BCUT2D eigenvalue weighted by atomic mass is 10.1. The first-order chi connectivity index (χ1) is 5.63. The van der Waals surface area contributed by atoms with E-state index in [2.05, 4.69) is 90.4 Å². The molecule has 0 aromatic carbocycles. The summed E-state index contributed by atoms with van der Waals surface area (Å²) in [5, 5.41) is 0. The Hall–Kier alpha value is 2.92. The zero-order valence-electron chi connectivity index (χ0n) is 6.91. The Morgan fingerprint density at radius 1 is 0.583 bits per heavy atom. The molecule has 0 spiro atoms. The van der Waals surface area contributed by atoms with Gasteiger partial charge in [-0.2, -0.15) is 0 Å². The largest absolute Gasteiger partial charge is 0.0710 e. The molecular weight excluding hydrogens is 604 g/mol. The Balaban J connectivity index is 2.91. The first kappa shape index (κ1) is 14.9. The lowest BCUT2D eigenvalue weighted by molar-refractivity contribution is 0.628. The number of hydrogen-bond donors (Lipinski definition) is 0. The third-order valence-electron chi connectivity index (χ3n) is 1.59. The van der Waals surface area contributed by atoms with Crippen LogP contribution in [-0.2, 0) is 0 Å². The fraction of sp³-hybridized carbons (Fsp3) is 1.00. The summed E-state index contributed by atoms with van der Waals surface area (Å²) in [7, 11) is 0. The Morgan fingerprint density at radius 2 is 0.917 bits per heavy atom. The van der Waals surface area contributed by atoms with E-state index in [1.807, 2.05) is 0 Å². The Kier molecular flexibility index (Phi) is 13.0. The zero-order chi connectivity index (χ0) is 9.40. The quantitative estimate of drug-likeness (QED) is 0.195. The van der Waals surface area contributed by atoms with Crippen LogP contribution in [0.25, 0.3) is 0 Å². The maximum absolute atomic E-state index is 2.50. The molecule has 4 heteroatoms. The molecule has 0 aromatic heterocycles. The van der Waals surface area contributed by atoms with Gasteiger partial charge in [0.05, 0.1) is 3.86 Å². The van der Waals surface area contributed by atoms with Gasteiger partial charge in [0, 0.05) is 0 Å². The van der Waals surface area contributed by atoms with E-state index in [0.29, 0.717) is 0 Å². The SMILES string of the molecule is IC(I)CCCCCCC(I)I. The summed E-state index contributed by atoms with van der Waals surface area (Å²) in [6, 6.07) is 0. The van der Waals surface area contributed by atoms with Crippen LogP contribution in [0.4, 0.5) is 0 Å². The highest BCUT2D eigenvalue weighted by Gasteiger charge is 1.99. The lowest BCUT2D eigenvalue weighted by Gasteiger charge is -2.03. The van der Waals surface area contributed by atoms with Gasteiger partial charge in [-0.05, 0) is 12.8 Å². The normalized spacial score (nSPS) is 11.5. The molecule has 0 unspecified atom stereocenters. The lowest BCUT2D eigenvalue weighted by Crippen LogP contribution is -1.87. The summed E-state index contributed by atoms with van der Waals surface area (Å²) in [5.74, 6) is 0. The molecule has 0 atom stereocenters. The second-order valence-electron chi connectivity index (χ2n) is 2.77. The minimum absolute atomic E-state index is 0.835. The predicted molar refractivity (Wildman–Crippen MR) is 91.4 cm³/mol. The van der Waals surface area contributed by atoms with Gasteiger partial charge in [0.25, 0.3) is 0 Å². The van der Waals surface area contributed by atoms with Crippen LogP contribution in [0.1, 0.15) is 38.5 Å². The van der Waals surface area contributed by atoms with Crippen LogP contribution in [0.5, 0.6) is 0 Å². The van der Waals surface area contributed by atoms with E-state index in [9.17, 15) is 0 Å². The van der Waals surface area contributed by atoms with Gasteiger partial charge >= 0.3 is 0 Å². The van der Waals surface area contributed by atoms with E-state index >= 15 is 0 Å². The molecule has 0 aliphatic rings. The first-order valence-electron chi connectivity index (χ1n) is 4.19. The van der Waals surface area contributed by atoms with Gasteiger partial charge in [0.2, 0.25) is 0 Å². The van der Waals surface area contributed by atoms with Crippen LogP contribution in [0, 0.1) is 0 Å². The molecule has 0 aromatic rings. The van der Waals surface area contributed by atoms with Crippen molar-refractivity contribution in [2.24, 2.45) is 0 Å². The summed E-state index contributed by atoms with van der Waals surface area (Å²) < 4.78 is 1.67. The topological polar surface area (TPSA) is 0 Å². The molecule has 0 heterocycles. The second kappa shape index (κ2) is 10.4. The van der Waals surface area contributed by atoms with Crippen LogP contribution in [0.3, 0.4) is 0 Å². The summed E-state index contributed by atoms with van der Waals surface area (Å²) in [4.78, 5) is 0. The highest BCUT2D eigenvalue weighted by molar-refractivity contribution is 14.2. The predicted octanol–water partition coefficient (Wildman–Crippen LogP) is 5.72. The highest BCUT2D eigenvalue weighted by atomic mass is 127. The number of rotatable bonds is 7. The molecule has 0 saturated heterocycles. The summed E-state index contributed by atoms with van der Waals surface area (Å²) in [6.45, 7) is 0. The van der Waals surface area contributed by atoms with E-state index < -0.39 is 0 Å². The molecule has 0 rings (SSSR count). The third-order valence-corrected chi connectivity index (χ3v) is 4.09. The molecule has 74 valence electrons. The number of unbranched alkanes of at least 4 members (excludes halogenated alkanes) is 3. The molecule has 0 saturated carbocycles. The van der Waals surface area contributed by atoms with E-state index in [-0.39, 0.29) is 0 Å². The number of hydrogen-bond acceptors (Lipinski definition) is 0. The third kappa shape index (κ3) is 12.9. The standard InChI is InChI=1S/C8H14I4/c9-7(10)5-3-1-2-4-6-8(11)12/h7-8H,1-6H2. The van der Waals surface area contributed by atoms with Crippen molar-refractivity contribution in [3.8, 4) is 0 Å². The summed E-state index contributed by atoms with van der Waals surface area (Å²) in [5.41, 5.74) is 0. The van der Waals surface area contributed by atoms with Crippen molar-refractivity contribution in [3.63, 3.8) is 0 Å². The maximum atomic E-state index is 2.50. The van der Waals surface area contributed by atoms with E-state index in [1.165, 1.54) is 38.5 Å². The smallest absolute Gasteiger partial charge is 0.0626 e. The van der Waals surface area contributed by atoms with Crippen LogP contribution in [0.2, 0.25) is 0 Å². The molecule has 0 fully saturated rings. The highest BCUT2D eigenvalue weighted by Crippen LogP contribution is 2.20. The van der Waals surface area contributed by atoms with Crippen molar-refractivity contribution in [3.05, 3.63) is 0 Å². The Labute approximate surface area is 130 Å². The Morgan fingerprint density at radius 3 is 1.17 bits per heavy atom. The molecular formula is C8H14I4. The van der Waals surface area contributed by atoms with Crippen molar-refractivity contribution in [1.29, 1.82) is 0 Å². The van der Waals surface area contributed by atoms with Gasteiger partial charge in [-0.3, -0.25) is 0 Å². The summed E-state index contributed by atoms with van der Waals surface area (Å²) >= 11 is 9.99. The van der Waals surface area contributed by atoms with Crippen LogP contribution < -0.4 is 0 Å². The van der Waals surface area contributed by atoms with Gasteiger partial charge < -0.3 is 0 Å².